The summed E-state index contributed by atoms with van der Waals surface area (Å²) in [4.78, 5) is 21.8. The Balaban J connectivity index is 3.00. The first-order valence-corrected chi connectivity index (χ1v) is 5.73. The van der Waals surface area contributed by atoms with Crippen LogP contribution in [0.1, 0.15) is 23.7 Å². The summed E-state index contributed by atoms with van der Waals surface area (Å²) in [6.45, 7) is 1.75. The predicted molar refractivity (Wildman–Crippen MR) is 65.0 cm³/mol. The normalized spacial score (nSPS) is 11.9. The van der Waals surface area contributed by atoms with Crippen LogP contribution in [0.25, 0.3) is 0 Å². The third kappa shape index (κ3) is 3.45. The summed E-state index contributed by atoms with van der Waals surface area (Å²) < 4.78 is 5.93. The van der Waals surface area contributed by atoms with E-state index >= 15 is 0 Å². The summed E-state index contributed by atoms with van der Waals surface area (Å²) in [7, 11) is 0. The van der Waals surface area contributed by atoms with Crippen LogP contribution in [0.3, 0.4) is 0 Å². The van der Waals surface area contributed by atoms with Gasteiger partial charge in [0, 0.05) is 0 Å². The van der Waals surface area contributed by atoms with E-state index in [2.05, 4.69) is 15.9 Å². The Morgan fingerprint density at radius 3 is 2.65 bits per heavy atom. The summed E-state index contributed by atoms with van der Waals surface area (Å²) in [5.74, 6) is -1.36. The number of benzene rings is 1. The van der Waals surface area contributed by atoms with Crippen LogP contribution in [-0.2, 0) is 4.79 Å². The Bertz CT molecular complexity index is 447. The van der Waals surface area contributed by atoms with Gasteiger partial charge in [-0.15, -0.1) is 0 Å². The predicted octanol–water partition coefficient (Wildman–Crippen LogP) is 1.79. The molecule has 0 heterocycles. The van der Waals surface area contributed by atoms with Crippen molar-refractivity contribution in [2.24, 2.45) is 5.73 Å². The number of halogens is 1. The molecule has 0 aliphatic heterocycles. The van der Waals surface area contributed by atoms with E-state index < -0.39 is 18.0 Å². The maximum Gasteiger partial charge on any atom is 0.335 e. The molecule has 0 aliphatic rings. The number of carboxylic acid groups (broad SMARTS) is 1. The summed E-state index contributed by atoms with van der Waals surface area (Å²) in [5, 5.41) is 8.84. The second-order valence-electron chi connectivity index (χ2n) is 3.37. The third-order valence-corrected chi connectivity index (χ3v) is 2.79. The van der Waals surface area contributed by atoms with E-state index in [1.165, 1.54) is 12.1 Å². The fraction of sp³-hybridized carbons (Fsp3) is 0.273. The average molecular weight is 302 g/mol. The van der Waals surface area contributed by atoms with Crippen LogP contribution in [0.5, 0.6) is 5.75 Å². The lowest BCUT2D eigenvalue weighted by molar-refractivity contribution is -0.124. The maximum absolute atomic E-state index is 11.0. The van der Waals surface area contributed by atoms with Crippen molar-refractivity contribution in [3.8, 4) is 5.75 Å². The fourth-order valence-corrected chi connectivity index (χ4v) is 1.56. The molecule has 0 saturated carbocycles. The molecule has 0 fully saturated rings. The number of aromatic carboxylic acids is 1. The van der Waals surface area contributed by atoms with Gasteiger partial charge < -0.3 is 15.6 Å². The van der Waals surface area contributed by atoms with Crippen molar-refractivity contribution < 1.29 is 19.4 Å². The number of rotatable bonds is 5. The van der Waals surface area contributed by atoms with E-state index in [1.54, 1.807) is 13.0 Å². The molecule has 1 aromatic carbocycles. The van der Waals surface area contributed by atoms with Crippen molar-refractivity contribution in [2.45, 2.75) is 19.4 Å². The number of amides is 1. The minimum atomic E-state index is -1.06. The van der Waals surface area contributed by atoms with Crippen LogP contribution in [0.2, 0.25) is 0 Å². The third-order valence-electron chi connectivity index (χ3n) is 2.14. The van der Waals surface area contributed by atoms with Gasteiger partial charge in [-0.2, -0.15) is 0 Å². The second-order valence-corrected chi connectivity index (χ2v) is 4.22. The number of carboxylic acids is 1. The smallest absolute Gasteiger partial charge is 0.335 e. The minimum absolute atomic E-state index is 0.0857. The fourth-order valence-electron chi connectivity index (χ4n) is 1.22. The van der Waals surface area contributed by atoms with Crippen molar-refractivity contribution in [3.63, 3.8) is 0 Å². The average Bonchev–Trinajstić information content (AvgIpc) is 2.27. The van der Waals surface area contributed by atoms with E-state index in [9.17, 15) is 9.59 Å². The van der Waals surface area contributed by atoms with E-state index in [0.717, 1.165) is 0 Å². The van der Waals surface area contributed by atoms with Crippen molar-refractivity contribution in [2.75, 3.05) is 0 Å². The van der Waals surface area contributed by atoms with Gasteiger partial charge in [0.15, 0.2) is 6.10 Å². The van der Waals surface area contributed by atoms with Gasteiger partial charge in [-0.1, -0.05) is 6.92 Å². The second kappa shape index (κ2) is 5.67. The molecule has 92 valence electrons. The molecule has 17 heavy (non-hydrogen) atoms. The Morgan fingerprint density at radius 2 is 2.18 bits per heavy atom. The molecule has 1 unspecified atom stereocenters. The Hall–Kier alpha value is -1.56. The van der Waals surface area contributed by atoms with Crippen molar-refractivity contribution in [1.82, 2.24) is 0 Å². The summed E-state index contributed by atoms with van der Waals surface area (Å²) in [6.07, 6.45) is -0.352. The van der Waals surface area contributed by atoms with Crippen molar-refractivity contribution in [3.05, 3.63) is 28.2 Å². The maximum atomic E-state index is 11.0. The van der Waals surface area contributed by atoms with E-state index in [1.807, 2.05) is 0 Å². The molecule has 1 aromatic rings. The first kappa shape index (κ1) is 13.5. The van der Waals surface area contributed by atoms with Gasteiger partial charge in [-0.3, -0.25) is 4.79 Å². The summed E-state index contributed by atoms with van der Waals surface area (Å²) in [5.41, 5.74) is 5.23. The first-order valence-electron chi connectivity index (χ1n) is 4.94. The molecule has 6 heteroatoms. The van der Waals surface area contributed by atoms with Gasteiger partial charge in [0.2, 0.25) is 0 Å². The lowest BCUT2D eigenvalue weighted by Crippen LogP contribution is -2.33. The molecule has 0 aromatic heterocycles. The molecule has 0 radical (unpaired) electrons. The molecule has 0 saturated heterocycles. The Labute approximate surface area is 107 Å². The van der Waals surface area contributed by atoms with Gasteiger partial charge in [-0.25, -0.2) is 4.79 Å². The molecule has 1 amide bonds. The molecular weight excluding hydrogens is 290 g/mol. The molecule has 3 N–H and O–H groups in total. The lowest BCUT2D eigenvalue weighted by atomic mass is 10.2. The zero-order chi connectivity index (χ0) is 13.0. The van der Waals surface area contributed by atoms with Crippen LogP contribution in [0.15, 0.2) is 22.7 Å². The van der Waals surface area contributed by atoms with E-state index in [-0.39, 0.29) is 11.3 Å². The number of carbonyl (C=O) groups is 2. The molecule has 0 aliphatic carbocycles. The molecule has 1 rings (SSSR count). The minimum Gasteiger partial charge on any atom is -0.479 e. The zero-order valence-corrected chi connectivity index (χ0v) is 10.7. The van der Waals surface area contributed by atoms with Gasteiger partial charge in [0.1, 0.15) is 5.75 Å². The Morgan fingerprint density at radius 1 is 1.53 bits per heavy atom. The monoisotopic (exact) mass is 301 g/mol. The zero-order valence-electron chi connectivity index (χ0n) is 9.14. The number of nitrogens with two attached hydrogens (primary N) is 1. The van der Waals surface area contributed by atoms with Gasteiger partial charge in [0.25, 0.3) is 5.91 Å². The SMILES string of the molecule is CCC(Oc1cc(C(=O)O)ccc1Br)C(N)=O. The first-order chi connectivity index (χ1) is 7.95. The molecule has 0 spiro atoms. The highest BCUT2D eigenvalue weighted by atomic mass is 79.9. The van der Waals surface area contributed by atoms with Crippen LogP contribution in [-0.4, -0.2) is 23.1 Å². The molecule has 5 nitrogen and oxygen atoms in total. The molecule has 1 atom stereocenters. The van der Waals surface area contributed by atoms with Gasteiger partial charge in [0.05, 0.1) is 10.0 Å². The van der Waals surface area contributed by atoms with Crippen molar-refractivity contribution in [1.29, 1.82) is 0 Å². The number of hydrogen-bond acceptors (Lipinski definition) is 3. The largest absolute Gasteiger partial charge is 0.479 e. The highest BCUT2D eigenvalue weighted by Gasteiger charge is 2.17. The van der Waals surface area contributed by atoms with Crippen LogP contribution in [0, 0.1) is 0 Å². The number of primary amides is 1. The topological polar surface area (TPSA) is 89.6 Å². The lowest BCUT2D eigenvalue weighted by Gasteiger charge is -2.15. The van der Waals surface area contributed by atoms with Crippen molar-refractivity contribution >= 4 is 27.8 Å². The highest BCUT2D eigenvalue weighted by Crippen LogP contribution is 2.27. The van der Waals surface area contributed by atoms with Crippen LogP contribution < -0.4 is 10.5 Å². The quantitative estimate of drug-likeness (QED) is 0.867. The van der Waals surface area contributed by atoms with Gasteiger partial charge >= 0.3 is 5.97 Å². The molecule has 0 bridgehead atoms. The molecular formula is C11H12BrNO4. The highest BCUT2D eigenvalue weighted by molar-refractivity contribution is 9.10. The van der Waals surface area contributed by atoms with Gasteiger partial charge in [-0.05, 0) is 40.5 Å². The van der Waals surface area contributed by atoms with E-state index in [4.69, 9.17) is 15.6 Å². The number of carbonyl (C=O) groups excluding carboxylic acids is 1. The summed E-state index contributed by atoms with van der Waals surface area (Å²) in [6, 6.07) is 4.33. The Kier molecular flexibility index (Phi) is 4.51. The summed E-state index contributed by atoms with van der Waals surface area (Å²) >= 11 is 3.22. The van der Waals surface area contributed by atoms with E-state index in [0.29, 0.717) is 10.9 Å². The van der Waals surface area contributed by atoms with Crippen LogP contribution >= 0.6 is 15.9 Å². The standard InChI is InChI=1S/C11H12BrNO4/c1-2-8(10(13)14)17-9-5-6(11(15)16)3-4-7(9)12/h3-5,8H,2H2,1H3,(H2,13,14)(H,15,16). The van der Waals surface area contributed by atoms with Crippen LogP contribution in [0.4, 0.5) is 0 Å². The number of ether oxygens (including phenoxy) is 1. The number of hydrogen-bond donors (Lipinski definition) is 2.